The molecule has 0 fully saturated rings. The van der Waals surface area contributed by atoms with Gasteiger partial charge < -0.3 is 5.32 Å². The highest BCUT2D eigenvalue weighted by molar-refractivity contribution is 7.22. The van der Waals surface area contributed by atoms with E-state index < -0.39 is 28.7 Å². The van der Waals surface area contributed by atoms with Crippen LogP contribution in [0.4, 0.5) is 16.4 Å². The van der Waals surface area contributed by atoms with Gasteiger partial charge in [-0.2, -0.15) is 0 Å². The van der Waals surface area contributed by atoms with Gasteiger partial charge in [0, 0.05) is 45.0 Å². The maximum Gasteiger partial charge on any atom is 0.269 e. The third-order valence-corrected chi connectivity index (χ3v) is 8.12. The smallest absolute Gasteiger partial charge is 0.269 e. The van der Waals surface area contributed by atoms with Crippen LogP contribution in [0.15, 0.2) is 114 Å². The Bertz CT molecular complexity index is 1820. The van der Waals surface area contributed by atoms with E-state index in [2.05, 4.69) is 5.32 Å². The molecular weight excluding hydrogens is 526 g/mol. The molecule has 1 aliphatic heterocycles. The number of nitrogens with one attached hydrogen (secondary N) is 1. The minimum absolute atomic E-state index is 0.120. The number of rotatable bonds is 5. The standard InChI is InChI=1S/C31H21N3O5S/c35-28-23-13-7-8-14-24(23)40-31-26(28)25(19-15-17-22(18-16-19)34(38)39)27(32-29(36)20-9-3-1-4-10-20)30(37)33(31)21-11-5-2-6-12-21/h1-18,25,27H,(H,32,36)/t25-,27-/m1/s1. The summed E-state index contributed by atoms with van der Waals surface area (Å²) in [5, 5.41) is 15.2. The van der Waals surface area contributed by atoms with E-state index >= 15 is 0 Å². The van der Waals surface area contributed by atoms with Crippen molar-refractivity contribution in [1.29, 1.82) is 0 Å². The van der Waals surface area contributed by atoms with Crippen molar-refractivity contribution in [2.75, 3.05) is 4.90 Å². The van der Waals surface area contributed by atoms with Crippen LogP contribution in [-0.2, 0) is 4.79 Å². The second-order valence-electron chi connectivity index (χ2n) is 9.30. The van der Waals surface area contributed by atoms with E-state index in [4.69, 9.17) is 0 Å². The zero-order chi connectivity index (χ0) is 27.8. The molecule has 4 aromatic carbocycles. The fourth-order valence-corrected chi connectivity index (χ4v) is 6.32. The van der Waals surface area contributed by atoms with Gasteiger partial charge in [-0.05, 0) is 42.0 Å². The fraction of sp³-hybridized carbons (Fsp3) is 0.0645. The van der Waals surface area contributed by atoms with Crippen molar-refractivity contribution < 1.29 is 14.5 Å². The predicted octanol–water partition coefficient (Wildman–Crippen LogP) is 5.78. The summed E-state index contributed by atoms with van der Waals surface area (Å²) in [5.41, 5.74) is 1.38. The van der Waals surface area contributed by atoms with Gasteiger partial charge in [0.1, 0.15) is 11.0 Å². The lowest BCUT2D eigenvalue weighted by Crippen LogP contribution is -2.54. The summed E-state index contributed by atoms with van der Waals surface area (Å²) in [6, 6.07) is 29.3. The molecule has 0 unspecified atom stereocenters. The Morgan fingerprint density at radius 2 is 1.45 bits per heavy atom. The lowest BCUT2D eigenvalue weighted by Gasteiger charge is -2.39. The molecule has 0 spiro atoms. The van der Waals surface area contributed by atoms with Gasteiger partial charge in [0.25, 0.3) is 17.5 Å². The number of benzene rings is 4. The zero-order valence-electron chi connectivity index (χ0n) is 20.9. The number of para-hydroxylation sites is 1. The average molecular weight is 548 g/mol. The van der Waals surface area contributed by atoms with Gasteiger partial charge in [-0.15, -0.1) is 11.3 Å². The lowest BCUT2D eigenvalue weighted by molar-refractivity contribution is -0.384. The molecule has 2 amide bonds. The molecule has 9 heteroatoms. The molecular formula is C31H21N3O5S. The monoisotopic (exact) mass is 547 g/mol. The molecule has 5 aromatic rings. The number of hydrogen-bond acceptors (Lipinski definition) is 6. The molecule has 0 saturated heterocycles. The predicted molar refractivity (Wildman–Crippen MR) is 154 cm³/mol. The van der Waals surface area contributed by atoms with E-state index in [0.717, 1.165) is 0 Å². The van der Waals surface area contributed by atoms with Gasteiger partial charge in [0.2, 0.25) is 0 Å². The van der Waals surface area contributed by atoms with Crippen LogP contribution in [0.1, 0.15) is 27.4 Å². The molecule has 0 radical (unpaired) electrons. The topological polar surface area (TPSA) is 110 Å². The number of fused-ring (bicyclic) bond motifs is 2. The van der Waals surface area contributed by atoms with E-state index in [1.807, 2.05) is 18.2 Å². The van der Waals surface area contributed by atoms with Gasteiger partial charge in [0.15, 0.2) is 5.43 Å². The molecule has 8 nitrogen and oxygen atoms in total. The number of hydrogen-bond donors (Lipinski definition) is 1. The Kier molecular flexibility index (Phi) is 6.41. The third kappa shape index (κ3) is 4.32. The molecule has 1 aromatic heterocycles. The minimum atomic E-state index is -1.16. The first-order chi connectivity index (χ1) is 19.4. The summed E-state index contributed by atoms with van der Waals surface area (Å²) in [4.78, 5) is 54.2. The summed E-state index contributed by atoms with van der Waals surface area (Å²) in [6.45, 7) is 0. The summed E-state index contributed by atoms with van der Waals surface area (Å²) in [5.74, 6) is -1.78. The molecule has 196 valence electrons. The van der Waals surface area contributed by atoms with Crippen LogP contribution < -0.4 is 15.6 Å². The van der Waals surface area contributed by atoms with E-state index in [0.29, 0.717) is 37.5 Å². The quantitative estimate of drug-likeness (QED) is 0.222. The number of carbonyl (C=O) groups is 2. The van der Waals surface area contributed by atoms with Gasteiger partial charge in [-0.25, -0.2) is 0 Å². The van der Waals surface area contributed by atoms with Gasteiger partial charge >= 0.3 is 0 Å². The maximum absolute atomic E-state index is 14.4. The molecule has 0 saturated carbocycles. The van der Waals surface area contributed by atoms with Crippen LogP contribution >= 0.6 is 11.3 Å². The van der Waals surface area contributed by atoms with Crippen molar-refractivity contribution >= 4 is 49.6 Å². The first kappa shape index (κ1) is 25.1. The highest BCUT2D eigenvalue weighted by atomic mass is 32.1. The van der Waals surface area contributed by atoms with Gasteiger partial charge in [-0.1, -0.05) is 60.7 Å². The number of carbonyl (C=O) groups excluding carboxylic acids is 2. The summed E-state index contributed by atoms with van der Waals surface area (Å²) < 4.78 is 0.717. The Morgan fingerprint density at radius 1 is 0.825 bits per heavy atom. The van der Waals surface area contributed by atoms with Crippen LogP contribution in [0.25, 0.3) is 10.1 Å². The van der Waals surface area contributed by atoms with Crippen molar-refractivity contribution in [1.82, 2.24) is 5.32 Å². The van der Waals surface area contributed by atoms with E-state index in [1.165, 1.54) is 28.4 Å². The molecule has 2 atom stereocenters. The Hall–Kier alpha value is -5.15. The Labute approximate surface area is 232 Å². The molecule has 6 rings (SSSR count). The Balaban J connectivity index is 1.62. The number of nitrogens with zero attached hydrogens (tertiary/aromatic N) is 2. The second-order valence-corrected chi connectivity index (χ2v) is 10.3. The normalized spacial score (nSPS) is 16.4. The van der Waals surface area contributed by atoms with Gasteiger partial charge in [-0.3, -0.25) is 29.4 Å². The first-order valence-corrected chi connectivity index (χ1v) is 13.3. The second kappa shape index (κ2) is 10.2. The number of anilines is 2. The SMILES string of the molecule is O=C(N[C@H]1C(=O)N(c2ccccc2)c2sc3ccccc3c(=O)c2[C@H]1c1ccc([N+](=O)[O-])cc1)c1ccccc1. The van der Waals surface area contributed by atoms with Crippen molar-refractivity contribution in [2.24, 2.45) is 0 Å². The van der Waals surface area contributed by atoms with Crippen molar-refractivity contribution in [3.63, 3.8) is 0 Å². The third-order valence-electron chi connectivity index (χ3n) is 6.95. The maximum atomic E-state index is 14.4. The van der Waals surface area contributed by atoms with Crippen molar-refractivity contribution in [2.45, 2.75) is 12.0 Å². The van der Waals surface area contributed by atoms with Crippen molar-refractivity contribution in [3.8, 4) is 0 Å². The Morgan fingerprint density at radius 3 is 2.12 bits per heavy atom. The number of nitro benzene ring substituents is 1. The number of nitro groups is 1. The fourth-order valence-electron chi connectivity index (χ4n) is 5.08. The first-order valence-electron chi connectivity index (χ1n) is 12.5. The molecule has 1 aliphatic rings. The lowest BCUT2D eigenvalue weighted by atomic mass is 9.81. The number of non-ortho nitro benzene ring substituents is 1. The van der Waals surface area contributed by atoms with E-state index in [9.17, 15) is 24.5 Å². The zero-order valence-corrected chi connectivity index (χ0v) is 21.7. The molecule has 2 heterocycles. The summed E-state index contributed by atoms with van der Waals surface area (Å²) in [6.07, 6.45) is 0. The van der Waals surface area contributed by atoms with E-state index in [1.54, 1.807) is 78.9 Å². The molecule has 0 aliphatic carbocycles. The highest BCUT2D eigenvalue weighted by Gasteiger charge is 2.45. The molecule has 0 bridgehead atoms. The highest BCUT2D eigenvalue weighted by Crippen LogP contribution is 2.46. The average Bonchev–Trinajstić information content (AvgIpc) is 2.99. The number of amides is 2. The summed E-state index contributed by atoms with van der Waals surface area (Å²) in [7, 11) is 0. The summed E-state index contributed by atoms with van der Waals surface area (Å²) >= 11 is 1.32. The van der Waals surface area contributed by atoms with Crippen LogP contribution in [-0.4, -0.2) is 22.8 Å². The minimum Gasteiger partial charge on any atom is -0.339 e. The molecule has 40 heavy (non-hydrogen) atoms. The van der Waals surface area contributed by atoms with Crippen LogP contribution in [0, 0.1) is 10.1 Å². The molecule has 1 N–H and O–H groups in total. The van der Waals surface area contributed by atoms with Crippen LogP contribution in [0.2, 0.25) is 0 Å². The van der Waals surface area contributed by atoms with E-state index in [-0.39, 0.29) is 11.1 Å². The van der Waals surface area contributed by atoms with Crippen molar-refractivity contribution in [3.05, 3.63) is 146 Å². The van der Waals surface area contributed by atoms with Gasteiger partial charge in [0.05, 0.1) is 4.92 Å². The van der Waals surface area contributed by atoms with Crippen LogP contribution in [0.5, 0.6) is 0 Å². The van der Waals surface area contributed by atoms with Crippen LogP contribution in [0.3, 0.4) is 0 Å². The largest absolute Gasteiger partial charge is 0.339 e.